The van der Waals surface area contributed by atoms with Crippen molar-refractivity contribution >= 4 is 5.91 Å². The van der Waals surface area contributed by atoms with E-state index in [-0.39, 0.29) is 5.91 Å². The van der Waals surface area contributed by atoms with E-state index in [0.717, 1.165) is 32.4 Å². The summed E-state index contributed by atoms with van der Waals surface area (Å²) in [4.78, 5) is 14.2. The van der Waals surface area contributed by atoms with Gasteiger partial charge in [-0.2, -0.15) is 0 Å². The third-order valence-electron chi connectivity index (χ3n) is 4.67. The standard InChI is InChI=1S/C16H33N3O/c1-5-10-18-16(4,14(17)20)7-6-11-19-12-8-15(2,3)9-13-19/h18H,5-13H2,1-4H3,(H2,17,20). The van der Waals surface area contributed by atoms with Gasteiger partial charge in [0, 0.05) is 0 Å². The van der Waals surface area contributed by atoms with E-state index in [1.807, 2.05) is 6.92 Å². The van der Waals surface area contributed by atoms with Crippen LogP contribution in [0.3, 0.4) is 0 Å². The van der Waals surface area contributed by atoms with Crippen LogP contribution in [0.1, 0.15) is 59.8 Å². The molecule has 1 saturated heterocycles. The third kappa shape index (κ3) is 5.41. The van der Waals surface area contributed by atoms with Crippen LogP contribution in [0.25, 0.3) is 0 Å². The van der Waals surface area contributed by atoms with E-state index in [0.29, 0.717) is 5.41 Å². The largest absolute Gasteiger partial charge is 0.368 e. The van der Waals surface area contributed by atoms with Crippen LogP contribution in [-0.4, -0.2) is 42.5 Å². The zero-order valence-corrected chi connectivity index (χ0v) is 13.8. The Morgan fingerprint density at radius 3 is 2.45 bits per heavy atom. The molecular weight excluding hydrogens is 250 g/mol. The van der Waals surface area contributed by atoms with Crippen molar-refractivity contribution in [2.45, 2.75) is 65.3 Å². The fraction of sp³-hybridized carbons (Fsp3) is 0.938. The minimum Gasteiger partial charge on any atom is -0.368 e. The van der Waals surface area contributed by atoms with E-state index in [4.69, 9.17) is 5.73 Å². The smallest absolute Gasteiger partial charge is 0.237 e. The maximum absolute atomic E-state index is 11.6. The summed E-state index contributed by atoms with van der Waals surface area (Å²) in [6.07, 6.45) is 5.41. The Hall–Kier alpha value is -0.610. The van der Waals surface area contributed by atoms with Crippen molar-refractivity contribution in [3.05, 3.63) is 0 Å². The fourth-order valence-electron chi connectivity index (χ4n) is 2.74. The lowest BCUT2D eigenvalue weighted by Crippen LogP contribution is -2.53. The lowest BCUT2D eigenvalue weighted by Gasteiger charge is -2.37. The highest BCUT2D eigenvalue weighted by Crippen LogP contribution is 2.29. The molecule has 1 aliphatic heterocycles. The van der Waals surface area contributed by atoms with Crippen molar-refractivity contribution in [2.24, 2.45) is 11.1 Å². The molecule has 3 N–H and O–H groups in total. The van der Waals surface area contributed by atoms with Gasteiger partial charge in [-0.1, -0.05) is 20.8 Å². The molecule has 0 bridgehead atoms. The average molecular weight is 283 g/mol. The molecule has 1 unspecified atom stereocenters. The van der Waals surface area contributed by atoms with Crippen LogP contribution in [0, 0.1) is 5.41 Å². The fourth-order valence-corrected chi connectivity index (χ4v) is 2.74. The van der Waals surface area contributed by atoms with Gasteiger partial charge in [0.15, 0.2) is 0 Å². The van der Waals surface area contributed by atoms with Gasteiger partial charge in [-0.15, -0.1) is 0 Å². The molecule has 0 spiro atoms. The third-order valence-corrected chi connectivity index (χ3v) is 4.67. The van der Waals surface area contributed by atoms with Crippen molar-refractivity contribution in [3.8, 4) is 0 Å². The first-order valence-electron chi connectivity index (χ1n) is 8.06. The van der Waals surface area contributed by atoms with E-state index < -0.39 is 5.54 Å². The number of nitrogens with two attached hydrogens (primary N) is 1. The van der Waals surface area contributed by atoms with Crippen LogP contribution in [-0.2, 0) is 4.79 Å². The summed E-state index contributed by atoms with van der Waals surface area (Å²) in [5.41, 5.74) is 5.50. The number of amides is 1. The molecule has 118 valence electrons. The quantitative estimate of drug-likeness (QED) is 0.717. The van der Waals surface area contributed by atoms with Gasteiger partial charge in [-0.3, -0.25) is 4.79 Å². The van der Waals surface area contributed by atoms with Crippen molar-refractivity contribution in [3.63, 3.8) is 0 Å². The summed E-state index contributed by atoms with van der Waals surface area (Å²) in [6.45, 7) is 13.0. The molecule has 1 rings (SSSR count). The second-order valence-corrected chi connectivity index (χ2v) is 7.23. The van der Waals surface area contributed by atoms with E-state index in [9.17, 15) is 4.79 Å². The van der Waals surface area contributed by atoms with Gasteiger partial charge < -0.3 is 16.0 Å². The number of rotatable bonds is 8. The van der Waals surface area contributed by atoms with Crippen molar-refractivity contribution in [1.29, 1.82) is 0 Å². The van der Waals surface area contributed by atoms with Crippen LogP contribution in [0.4, 0.5) is 0 Å². The predicted molar refractivity (Wildman–Crippen MR) is 84.6 cm³/mol. The lowest BCUT2D eigenvalue weighted by atomic mass is 9.82. The summed E-state index contributed by atoms with van der Waals surface area (Å²) in [6, 6.07) is 0. The van der Waals surface area contributed by atoms with Gasteiger partial charge in [0.25, 0.3) is 0 Å². The molecule has 0 aromatic rings. The molecule has 1 heterocycles. The molecular formula is C16H33N3O. The van der Waals surface area contributed by atoms with E-state index >= 15 is 0 Å². The Labute approximate surface area is 124 Å². The first-order chi connectivity index (χ1) is 9.29. The SMILES string of the molecule is CCCNC(C)(CCCN1CCC(C)(C)CC1)C(N)=O. The lowest BCUT2D eigenvalue weighted by molar-refractivity contribution is -0.124. The first-order valence-corrected chi connectivity index (χ1v) is 8.06. The molecule has 1 amide bonds. The molecule has 1 atom stereocenters. The Balaban J connectivity index is 2.32. The summed E-state index contributed by atoms with van der Waals surface area (Å²) in [7, 11) is 0. The number of piperidine rings is 1. The molecule has 20 heavy (non-hydrogen) atoms. The van der Waals surface area contributed by atoms with Gasteiger partial charge in [0.2, 0.25) is 5.91 Å². The molecule has 4 heteroatoms. The molecule has 0 radical (unpaired) electrons. The van der Waals surface area contributed by atoms with E-state index in [1.54, 1.807) is 0 Å². The van der Waals surface area contributed by atoms with Crippen molar-refractivity contribution in [1.82, 2.24) is 10.2 Å². The Bertz CT molecular complexity index is 307. The van der Waals surface area contributed by atoms with Crippen LogP contribution in [0.15, 0.2) is 0 Å². The summed E-state index contributed by atoms with van der Waals surface area (Å²) in [5, 5.41) is 3.30. The highest BCUT2D eigenvalue weighted by atomic mass is 16.1. The summed E-state index contributed by atoms with van der Waals surface area (Å²) < 4.78 is 0. The molecule has 0 aromatic carbocycles. The van der Waals surface area contributed by atoms with Gasteiger partial charge in [-0.05, 0) is 70.6 Å². The number of hydrogen-bond acceptors (Lipinski definition) is 3. The predicted octanol–water partition coefficient (Wildman–Crippen LogP) is 2.13. The van der Waals surface area contributed by atoms with Gasteiger partial charge in [0.05, 0.1) is 5.54 Å². The Morgan fingerprint density at radius 1 is 1.35 bits per heavy atom. The zero-order chi connectivity index (χ0) is 15.2. The van der Waals surface area contributed by atoms with Crippen molar-refractivity contribution in [2.75, 3.05) is 26.2 Å². The molecule has 1 aliphatic rings. The molecule has 0 aromatic heterocycles. The minimum atomic E-state index is -0.551. The van der Waals surface area contributed by atoms with Crippen LogP contribution in [0.2, 0.25) is 0 Å². The number of primary amides is 1. The summed E-state index contributed by atoms with van der Waals surface area (Å²) >= 11 is 0. The van der Waals surface area contributed by atoms with Crippen LogP contribution >= 0.6 is 0 Å². The number of nitrogens with one attached hydrogen (secondary N) is 1. The summed E-state index contributed by atoms with van der Waals surface area (Å²) in [5.74, 6) is -0.231. The number of nitrogens with zero attached hydrogens (tertiary/aromatic N) is 1. The normalized spacial score (nSPS) is 22.4. The van der Waals surface area contributed by atoms with E-state index in [2.05, 4.69) is 31.0 Å². The van der Waals surface area contributed by atoms with Gasteiger partial charge in [-0.25, -0.2) is 0 Å². The average Bonchev–Trinajstić information content (AvgIpc) is 2.38. The molecule has 4 nitrogen and oxygen atoms in total. The van der Waals surface area contributed by atoms with Crippen LogP contribution < -0.4 is 11.1 Å². The monoisotopic (exact) mass is 283 g/mol. The maximum Gasteiger partial charge on any atom is 0.237 e. The molecule has 0 aliphatic carbocycles. The van der Waals surface area contributed by atoms with E-state index in [1.165, 1.54) is 25.9 Å². The maximum atomic E-state index is 11.6. The number of carbonyl (C=O) groups is 1. The number of hydrogen-bond donors (Lipinski definition) is 2. The van der Waals surface area contributed by atoms with Crippen molar-refractivity contribution < 1.29 is 4.79 Å². The molecule has 0 saturated carbocycles. The number of carbonyl (C=O) groups excluding carboxylic acids is 1. The highest BCUT2D eigenvalue weighted by Gasteiger charge is 2.30. The van der Waals surface area contributed by atoms with Crippen LogP contribution in [0.5, 0.6) is 0 Å². The topological polar surface area (TPSA) is 58.4 Å². The minimum absolute atomic E-state index is 0.231. The Morgan fingerprint density at radius 2 is 1.95 bits per heavy atom. The second kappa shape index (κ2) is 7.41. The second-order valence-electron chi connectivity index (χ2n) is 7.23. The van der Waals surface area contributed by atoms with Gasteiger partial charge in [0.1, 0.15) is 0 Å². The molecule has 1 fully saturated rings. The van der Waals surface area contributed by atoms with Gasteiger partial charge >= 0.3 is 0 Å². The first kappa shape index (κ1) is 17.4. The number of likely N-dealkylation sites (tertiary alicyclic amines) is 1. The Kier molecular flexibility index (Phi) is 6.46. The zero-order valence-electron chi connectivity index (χ0n) is 13.8. The highest BCUT2D eigenvalue weighted by molar-refractivity contribution is 5.84.